The molecule has 1 aliphatic carbocycles. The Balaban J connectivity index is 1.29. The van der Waals surface area contributed by atoms with Crippen LogP contribution in [0.1, 0.15) is 49.8 Å². The average Bonchev–Trinajstić information content (AvgIpc) is 3.51. The molecule has 6 rings (SSSR count). The lowest BCUT2D eigenvalue weighted by Crippen LogP contribution is -2.42. The van der Waals surface area contributed by atoms with Gasteiger partial charge in [-0.15, -0.1) is 0 Å². The summed E-state index contributed by atoms with van der Waals surface area (Å²) in [5.41, 5.74) is 5.27. The third kappa shape index (κ3) is 5.22. The summed E-state index contributed by atoms with van der Waals surface area (Å²) in [6.07, 6.45) is 3.82. The van der Waals surface area contributed by atoms with Gasteiger partial charge in [0, 0.05) is 41.3 Å². The highest BCUT2D eigenvalue weighted by Crippen LogP contribution is 2.48. The molecule has 1 atom stereocenters. The highest BCUT2D eigenvalue weighted by molar-refractivity contribution is 6.01. The van der Waals surface area contributed by atoms with Crippen molar-refractivity contribution in [3.05, 3.63) is 89.1 Å². The van der Waals surface area contributed by atoms with E-state index in [2.05, 4.69) is 29.5 Å². The van der Waals surface area contributed by atoms with Gasteiger partial charge in [-0.3, -0.25) is 9.59 Å². The van der Waals surface area contributed by atoms with E-state index in [1.807, 2.05) is 72.6 Å². The average molecular weight is 553 g/mol. The summed E-state index contributed by atoms with van der Waals surface area (Å²) in [6.45, 7) is 6.67. The maximum absolute atomic E-state index is 13.7. The highest BCUT2D eigenvalue weighted by Gasteiger charge is 2.43. The second-order valence-corrected chi connectivity index (χ2v) is 11.8. The molecule has 2 aliphatic rings. The molecule has 0 bridgehead atoms. The number of benzene rings is 2. The number of nitrogens with one attached hydrogen (secondary N) is 3. The molecule has 2 aromatic heterocycles. The fourth-order valence-corrected chi connectivity index (χ4v) is 6.16. The van der Waals surface area contributed by atoms with E-state index >= 15 is 0 Å². The zero-order chi connectivity index (χ0) is 28.7. The number of carbonyl (C=O) groups excluding carboxylic acids is 2. The fourth-order valence-electron chi connectivity index (χ4n) is 6.16. The number of ketones is 1. The first-order valence-electron chi connectivity index (χ1n) is 14.1. The SMILES string of the molecule is COc1ccc2[nH]cc(CCNC(=O)CN3c4ccccc4NC4=C(C(=O)CC(C)(C)C4)C3c3ccc(C)o3)c2c1. The molecule has 0 fully saturated rings. The summed E-state index contributed by atoms with van der Waals surface area (Å²) < 4.78 is 11.5. The number of ether oxygens (including phenoxy) is 1. The number of para-hydroxylation sites is 2. The lowest BCUT2D eigenvalue weighted by molar-refractivity contribution is -0.120. The van der Waals surface area contributed by atoms with Crippen molar-refractivity contribution in [2.24, 2.45) is 5.41 Å². The maximum Gasteiger partial charge on any atom is 0.239 e. The Morgan fingerprint density at radius 1 is 1.15 bits per heavy atom. The van der Waals surface area contributed by atoms with Crippen LogP contribution in [0.3, 0.4) is 0 Å². The van der Waals surface area contributed by atoms with Crippen LogP contribution in [0, 0.1) is 12.3 Å². The summed E-state index contributed by atoms with van der Waals surface area (Å²) in [5, 5.41) is 7.76. The van der Waals surface area contributed by atoms with Gasteiger partial charge in [0.15, 0.2) is 5.78 Å². The number of nitrogens with zero attached hydrogens (tertiary/aromatic N) is 1. The number of aryl methyl sites for hydroxylation is 1. The van der Waals surface area contributed by atoms with E-state index in [0.29, 0.717) is 30.7 Å². The van der Waals surface area contributed by atoms with Crippen molar-refractivity contribution in [2.45, 2.75) is 46.1 Å². The maximum atomic E-state index is 13.7. The van der Waals surface area contributed by atoms with Gasteiger partial charge >= 0.3 is 0 Å². The Labute approximate surface area is 239 Å². The molecule has 212 valence electrons. The van der Waals surface area contributed by atoms with Crippen molar-refractivity contribution in [3.63, 3.8) is 0 Å². The van der Waals surface area contributed by atoms with Gasteiger partial charge < -0.3 is 29.7 Å². The minimum atomic E-state index is -0.523. The van der Waals surface area contributed by atoms with Crippen molar-refractivity contribution in [2.75, 3.05) is 30.4 Å². The first kappa shape index (κ1) is 26.7. The Bertz CT molecular complexity index is 1660. The van der Waals surface area contributed by atoms with Crippen molar-refractivity contribution in [1.29, 1.82) is 0 Å². The second-order valence-electron chi connectivity index (χ2n) is 11.8. The Hall–Kier alpha value is -4.46. The number of carbonyl (C=O) groups is 2. The summed E-state index contributed by atoms with van der Waals surface area (Å²) in [7, 11) is 1.66. The number of rotatable bonds is 7. The Morgan fingerprint density at radius 2 is 1.98 bits per heavy atom. The van der Waals surface area contributed by atoms with Crippen LogP contribution in [-0.2, 0) is 16.0 Å². The van der Waals surface area contributed by atoms with E-state index in [0.717, 1.165) is 51.5 Å². The zero-order valence-electron chi connectivity index (χ0n) is 24.0. The molecule has 0 radical (unpaired) electrons. The molecule has 0 saturated carbocycles. The number of Topliss-reactive ketones (excluding diaryl/α,β-unsaturated/α-hetero) is 1. The minimum absolute atomic E-state index is 0.0677. The van der Waals surface area contributed by atoms with Gasteiger partial charge in [0.25, 0.3) is 0 Å². The van der Waals surface area contributed by atoms with Gasteiger partial charge in [0.1, 0.15) is 23.3 Å². The number of hydrogen-bond acceptors (Lipinski definition) is 6. The Kier molecular flexibility index (Phi) is 6.85. The topological polar surface area (TPSA) is 99.6 Å². The van der Waals surface area contributed by atoms with Crippen LogP contribution in [0.2, 0.25) is 0 Å². The zero-order valence-corrected chi connectivity index (χ0v) is 24.0. The molecule has 41 heavy (non-hydrogen) atoms. The van der Waals surface area contributed by atoms with Crippen LogP contribution in [-0.4, -0.2) is 36.9 Å². The second kappa shape index (κ2) is 10.5. The molecule has 3 N–H and O–H groups in total. The molecule has 1 unspecified atom stereocenters. The number of fused-ring (bicyclic) bond motifs is 2. The minimum Gasteiger partial charge on any atom is -0.497 e. The fraction of sp³-hybridized carbons (Fsp3) is 0.333. The van der Waals surface area contributed by atoms with Gasteiger partial charge in [-0.1, -0.05) is 26.0 Å². The van der Waals surface area contributed by atoms with Gasteiger partial charge in [-0.2, -0.15) is 0 Å². The lowest BCUT2D eigenvalue weighted by atomic mass is 9.74. The van der Waals surface area contributed by atoms with Crippen LogP contribution in [0.5, 0.6) is 5.75 Å². The number of aromatic amines is 1. The summed E-state index contributed by atoms with van der Waals surface area (Å²) in [6, 6.07) is 17.1. The van der Waals surface area contributed by atoms with E-state index < -0.39 is 6.04 Å². The molecule has 0 saturated heterocycles. The number of hydrogen-bond donors (Lipinski definition) is 3. The molecule has 0 spiro atoms. The normalized spacial score (nSPS) is 18.0. The lowest BCUT2D eigenvalue weighted by Gasteiger charge is -2.36. The number of aromatic nitrogens is 1. The number of anilines is 2. The van der Waals surface area contributed by atoms with Crippen LogP contribution in [0.15, 0.2) is 76.5 Å². The number of methoxy groups -OCH3 is 1. The van der Waals surface area contributed by atoms with Gasteiger partial charge in [0.05, 0.1) is 25.0 Å². The Morgan fingerprint density at radius 3 is 2.76 bits per heavy atom. The summed E-state index contributed by atoms with van der Waals surface area (Å²) in [5.74, 6) is 2.16. The third-order valence-electron chi connectivity index (χ3n) is 8.04. The van der Waals surface area contributed by atoms with E-state index in [1.54, 1.807) is 7.11 Å². The third-order valence-corrected chi connectivity index (χ3v) is 8.04. The van der Waals surface area contributed by atoms with Crippen molar-refractivity contribution >= 4 is 34.0 Å². The van der Waals surface area contributed by atoms with Gasteiger partial charge in [0.2, 0.25) is 5.91 Å². The monoisotopic (exact) mass is 552 g/mol. The molecular formula is C33H36N4O4. The molecular weight excluding hydrogens is 516 g/mol. The predicted molar refractivity (Wildman–Crippen MR) is 160 cm³/mol. The van der Waals surface area contributed by atoms with Crippen molar-refractivity contribution in [3.8, 4) is 5.75 Å². The standard InChI is InChI=1S/C33H36N4O4/c1-20-9-12-29(41-20)32-31-26(16-33(2,3)17-28(31)38)36-25-7-5-6-8-27(25)37(32)19-30(39)34-14-13-21-18-35-24-11-10-22(40-4)15-23(21)24/h5-12,15,18,32,35-36H,13-14,16-17,19H2,1-4H3,(H,34,39). The largest absolute Gasteiger partial charge is 0.497 e. The summed E-state index contributed by atoms with van der Waals surface area (Å²) in [4.78, 5) is 32.6. The molecule has 3 heterocycles. The first-order valence-corrected chi connectivity index (χ1v) is 14.1. The van der Waals surface area contributed by atoms with E-state index in [1.165, 1.54) is 0 Å². The highest BCUT2D eigenvalue weighted by atomic mass is 16.5. The molecule has 2 aromatic carbocycles. The van der Waals surface area contributed by atoms with E-state index in [4.69, 9.17) is 9.15 Å². The van der Waals surface area contributed by atoms with Crippen LogP contribution in [0.25, 0.3) is 10.9 Å². The quantitative estimate of drug-likeness (QED) is 0.258. The van der Waals surface area contributed by atoms with E-state index in [9.17, 15) is 9.59 Å². The number of amides is 1. The number of allylic oxidation sites excluding steroid dienone is 1. The number of furan rings is 1. The first-order chi connectivity index (χ1) is 19.7. The molecule has 4 aromatic rings. The summed E-state index contributed by atoms with van der Waals surface area (Å²) >= 11 is 0. The molecule has 8 nitrogen and oxygen atoms in total. The van der Waals surface area contributed by atoms with Gasteiger partial charge in [-0.05, 0) is 73.2 Å². The van der Waals surface area contributed by atoms with Crippen LogP contribution in [0.4, 0.5) is 11.4 Å². The van der Waals surface area contributed by atoms with Crippen LogP contribution < -0.4 is 20.3 Å². The molecule has 8 heteroatoms. The van der Waals surface area contributed by atoms with E-state index in [-0.39, 0.29) is 23.7 Å². The smallest absolute Gasteiger partial charge is 0.239 e. The van der Waals surface area contributed by atoms with Crippen LogP contribution >= 0.6 is 0 Å². The van der Waals surface area contributed by atoms with Crippen molar-refractivity contribution < 1.29 is 18.7 Å². The number of H-pyrrole nitrogens is 1. The predicted octanol–water partition coefficient (Wildman–Crippen LogP) is 6.05. The van der Waals surface area contributed by atoms with Crippen molar-refractivity contribution in [1.82, 2.24) is 10.3 Å². The molecule has 1 amide bonds. The van der Waals surface area contributed by atoms with Gasteiger partial charge in [-0.25, -0.2) is 0 Å². The molecule has 1 aliphatic heterocycles.